The maximum atomic E-state index is 3.84. The molecular weight excluding hydrogens is 120 g/mol. The lowest BCUT2D eigenvalue weighted by atomic mass is 9.78. The SMILES string of the molecule is C=CC(C)(C)C(C)CCC. The first-order valence-corrected chi connectivity index (χ1v) is 4.18. The van der Waals surface area contributed by atoms with Gasteiger partial charge in [0.05, 0.1) is 0 Å². The van der Waals surface area contributed by atoms with E-state index in [1.165, 1.54) is 12.8 Å². The molecule has 0 aliphatic rings. The van der Waals surface area contributed by atoms with E-state index in [4.69, 9.17) is 0 Å². The molecule has 0 spiro atoms. The molecule has 0 rings (SSSR count). The first kappa shape index (κ1) is 9.74. The van der Waals surface area contributed by atoms with Crippen LogP contribution < -0.4 is 0 Å². The summed E-state index contributed by atoms with van der Waals surface area (Å²) >= 11 is 0. The van der Waals surface area contributed by atoms with E-state index in [0.717, 1.165) is 5.92 Å². The zero-order chi connectivity index (χ0) is 8.20. The normalized spacial score (nSPS) is 14.8. The van der Waals surface area contributed by atoms with Crippen molar-refractivity contribution in [2.45, 2.75) is 40.5 Å². The van der Waals surface area contributed by atoms with Crippen molar-refractivity contribution >= 4 is 0 Å². The Morgan fingerprint density at radius 2 is 2.00 bits per heavy atom. The fourth-order valence-corrected chi connectivity index (χ4v) is 1.01. The Bertz CT molecular complexity index is 101. The number of hydrogen-bond acceptors (Lipinski definition) is 0. The molecule has 0 N–H and O–H groups in total. The second-order valence-electron chi connectivity index (χ2n) is 3.72. The molecule has 0 heterocycles. The molecule has 0 aromatic heterocycles. The Morgan fingerprint density at radius 1 is 1.50 bits per heavy atom. The Morgan fingerprint density at radius 3 is 2.30 bits per heavy atom. The standard InChI is InChI=1S/C10H20/c1-6-8-9(3)10(4,5)7-2/h7,9H,2,6,8H2,1,3-5H3. The van der Waals surface area contributed by atoms with Crippen LogP contribution >= 0.6 is 0 Å². The summed E-state index contributed by atoms with van der Waals surface area (Å²) in [4.78, 5) is 0. The van der Waals surface area contributed by atoms with Crippen molar-refractivity contribution in [3.63, 3.8) is 0 Å². The maximum Gasteiger partial charge on any atom is -0.0152 e. The van der Waals surface area contributed by atoms with Crippen LogP contribution in [0.5, 0.6) is 0 Å². The number of rotatable bonds is 4. The summed E-state index contributed by atoms with van der Waals surface area (Å²) < 4.78 is 0. The number of allylic oxidation sites excluding steroid dienone is 1. The smallest absolute Gasteiger partial charge is 0.0152 e. The summed E-state index contributed by atoms with van der Waals surface area (Å²) in [7, 11) is 0. The summed E-state index contributed by atoms with van der Waals surface area (Å²) in [5.74, 6) is 0.759. The van der Waals surface area contributed by atoms with E-state index in [-0.39, 0.29) is 0 Å². The molecule has 0 nitrogen and oxygen atoms in total. The van der Waals surface area contributed by atoms with E-state index in [9.17, 15) is 0 Å². The average Bonchev–Trinajstić information content (AvgIpc) is 1.89. The number of hydrogen-bond donors (Lipinski definition) is 0. The van der Waals surface area contributed by atoms with E-state index in [1.807, 2.05) is 0 Å². The van der Waals surface area contributed by atoms with E-state index in [2.05, 4.69) is 40.3 Å². The van der Waals surface area contributed by atoms with Gasteiger partial charge in [0.2, 0.25) is 0 Å². The highest BCUT2D eigenvalue weighted by Gasteiger charge is 2.20. The van der Waals surface area contributed by atoms with Crippen LogP contribution in [0.3, 0.4) is 0 Å². The van der Waals surface area contributed by atoms with Crippen LogP contribution in [0.15, 0.2) is 12.7 Å². The molecule has 0 saturated carbocycles. The molecule has 10 heavy (non-hydrogen) atoms. The maximum absolute atomic E-state index is 3.84. The summed E-state index contributed by atoms with van der Waals surface area (Å²) in [6.45, 7) is 12.9. The van der Waals surface area contributed by atoms with Gasteiger partial charge in [0.1, 0.15) is 0 Å². The van der Waals surface area contributed by atoms with Gasteiger partial charge in [0, 0.05) is 0 Å². The Balaban J connectivity index is 3.90. The lowest BCUT2D eigenvalue weighted by Gasteiger charge is -2.27. The van der Waals surface area contributed by atoms with Crippen molar-refractivity contribution in [3.8, 4) is 0 Å². The van der Waals surface area contributed by atoms with Gasteiger partial charge in [-0.25, -0.2) is 0 Å². The van der Waals surface area contributed by atoms with Gasteiger partial charge in [0.15, 0.2) is 0 Å². The highest BCUT2D eigenvalue weighted by Crippen LogP contribution is 2.30. The fraction of sp³-hybridized carbons (Fsp3) is 0.800. The van der Waals surface area contributed by atoms with Crippen molar-refractivity contribution in [2.24, 2.45) is 11.3 Å². The molecule has 0 bridgehead atoms. The van der Waals surface area contributed by atoms with Gasteiger partial charge in [0.25, 0.3) is 0 Å². The summed E-state index contributed by atoms with van der Waals surface area (Å²) in [5.41, 5.74) is 0.315. The van der Waals surface area contributed by atoms with Crippen LogP contribution in [0, 0.1) is 11.3 Å². The van der Waals surface area contributed by atoms with E-state index in [1.54, 1.807) is 0 Å². The summed E-state index contributed by atoms with van der Waals surface area (Å²) in [6, 6.07) is 0. The first-order chi connectivity index (χ1) is 4.54. The molecule has 0 saturated heterocycles. The predicted octanol–water partition coefficient (Wildman–Crippen LogP) is 3.63. The zero-order valence-electron chi connectivity index (χ0n) is 7.78. The van der Waals surface area contributed by atoms with Gasteiger partial charge in [-0.05, 0) is 11.3 Å². The molecule has 60 valence electrons. The molecule has 0 aromatic rings. The van der Waals surface area contributed by atoms with Crippen LogP contribution in [-0.4, -0.2) is 0 Å². The quantitative estimate of drug-likeness (QED) is 0.523. The van der Waals surface area contributed by atoms with E-state index >= 15 is 0 Å². The molecule has 1 atom stereocenters. The van der Waals surface area contributed by atoms with Crippen LogP contribution in [0.4, 0.5) is 0 Å². The molecule has 1 unspecified atom stereocenters. The molecule has 0 aliphatic carbocycles. The van der Waals surface area contributed by atoms with Crippen molar-refractivity contribution < 1.29 is 0 Å². The highest BCUT2D eigenvalue weighted by atomic mass is 14.2. The highest BCUT2D eigenvalue weighted by molar-refractivity contribution is 4.90. The van der Waals surface area contributed by atoms with Crippen LogP contribution in [0.1, 0.15) is 40.5 Å². The van der Waals surface area contributed by atoms with E-state index < -0.39 is 0 Å². The van der Waals surface area contributed by atoms with Gasteiger partial charge >= 0.3 is 0 Å². The Hall–Kier alpha value is -0.260. The molecule has 0 radical (unpaired) electrons. The van der Waals surface area contributed by atoms with Crippen LogP contribution in [0.2, 0.25) is 0 Å². The van der Waals surface area contributed by atoms with Crippen LogP contribution in [0.25, 0.3) is 0 Å². The zero-order valence-corrected chi connectivity index (χ0v) is 7.78. The topological polar surface area (TPSA) is 0 Å². The van der Waals surface area contributed by atoms with Gasteiger partial charge in [-0.2, -0.15) is 0 Å². The third-order valence-corrected chi connectivity index (χ3v) is 2.52. The second-order valence-corrected chi connectivity index (χ2v) is 3.72. The first-order valence-electron chi connectivity index (χ1n) is 4.18. The summed E-state index contributed by atoms with van der Waals surface area (Å²) in [5, 5.41) is 0. The largest absolute Gasteiger partial charge is 0.103 e. The molecule has 0 aliphatic heterocycles. The lowest BCUT2D eigenvalue weighted by molar-refractivity contribution is 0.288. The van der Waals surface area contributed by atoms with Crippen molar-refractivity contribution in [3.05, 3.63) is 12.7 Å². The minimum absolute atomic E-state index is 0.315. The molecule has 0 aromatic carbocycles. The van der Waals surface area contributed by atoms with Gasteiger partial charge in [-0.1, -0.05) is 46.6 Å². The van der Waals surface area contributed by atoms with Crippen molar-refractivity contribution in [2.75, 3.05) is 0 Å². The minimum atomic E-state index is 0.315. The van der Waals surface area contributed by atoms with Crippen molar-refractivity contribution in [1.82, 2.24) is 0 Å². The Kier molecular flexibility index (Phi) is 3.70. The third kappa shape index (κ3) is 2.55. The predicted molar refractivity (Wildman–Crippen MR) is 48.1 cm³/mol. The monoisotopic (exact) mass is 140 g/mol. The lowest BCUT2D eigenvalue weighted by Crippen LogP contribution is -2.18. The Labute approximate surface area is 65.3 Å². The molecule has 0 heteroatoms. The summed E-state index contributed by atoms with van der Waals surface area (Å²) in [6.07, 6.45) is 4.64. The van der Waals surface area contributed by atoms with Crippen LogP contribution in [-0.2, 0) is 0 Å². The second kappa shape index (κ2) is 3.80. The van der Waals surface area contributed by atoms with Gasteiger partial charge in [-0.15, -0.1) is 6.58 Å². The van der Waals surface area contributed by atoms with Crippen molar-refractivity contribution in [1.29, 1.82) is 0 Å². The molecule has 0 fully saturated rings. The molecular formula is C10H20. The fourth-order valence-electron chi connectivity index (χ4n) is 1.01. The van der Waals surface area contributed by atoms with E-state index in [0.29, 0.717) is 5.41 Å². The average molecular weight is 140 g/mol. The minimum Gasteiger partial charge on any atom is -0.103 e. The van der Waals surface area contributed by atoms with Gasteiger partial charge in [-0.3, -0.25) is 0 Å². The third-order valence-electron chi connectivity index (χ3n) is 2.52. The van der Waals surface area contributed by atoms with Gasteiger partial charge < -0.3 is 0 Å². The molecule has 0 amide bonds.